The fourth-order valence-corrected chi connectivity index (χ4v) is 2.30. The highest BCUT2D eigenvalue weighted by molar-refractivity contribution is 6.46. The van der Waals surface area contributed by atoms with Gasteiger partial charge in [0.05, 0.1) is 12.1 Å². The van der Waals surface area contributed by atoms with Crippen LogP contribution in [0.15, 0.2) is 54.7 Å². The average Bonchev–Trinajstić information content (AvgIpc) is 2.90. The van der Waals surface area contributed by atoms with Crippen molar-refractivity contribution < 1.29 is 10.1 Å². The van der Waals surface area contributed by atoms with Crippen molar-refractivity contribution >= 4 is 23.8 Å². The molecule has 0 amide bonds. The lowest BCUT2D eigenvalue weighted by Crippen LogP contribution is -2.20. The van der Waals surface area contributed by atoms with Crippen LogP contribution in [0.2, 0.25) is 0 Å². The highest BCUT2D eigenvalue weighted by Gasteiger charge is 2.07. The lowest BCUT2D eigenvalue weighted by molar-refractivity contribution is 0.282. The molecule has 3 nitrogen and oxygen atoms in total. The van der Waals surface area contributed by atoms with Gasteiger partial charge in [0, 0.05) is 11.9 Å². The van der Waals surface area contributed by atoms with Crippen molar-refractivity contribution in [3.05, 3.63) is 60.3 Å². The third kappa shape index (κ3) is 2.05. The van der Waals surface area contributed by atoms with Crippen molar-refractivity contribution in [1.29, 1.82) is 0 Å². The Hall–Kier alpha value is -2.04. The van der Waals surface area contributed by atoms with Gasteiger partial charge in [-0.2, -0.15) is 0 Å². The van der Waals surface area contributed by atoms with Gasteiger partial charge in [-0.05, 0) is 40.7 Å². The molecule has 0 bridgehead atoms. The van der Waals surface area contributed by atoms with E-state index >= 15 is 0 Å². The second-order valence-electron chi connectivity index (χ2n) is 4.41. The van der Waals surface area contributed by atoms with Gasteiger partial charge in [0.2, 0.25) is 0 Å². The molecule has 93 valence electrons. The summed E-state index contributed by atoms with van der Waals surface area (Å²) in [6, 6.07) is 15.8. The molecular formula is C15H13BNO2. The standard InChI is InChI=1S/C15H13BNO2/c18-10-12-5-6-13(9-14(12)16-19)17-8-7-11-3-1-2-4-15(11)17/h1-9,18-19H,10H2. The van der Waals surface area contributed by atoms with E-state index in [1.165, 1.54) is 5.39 Å². The number of aliphatic hydroxyl groups is 1. The monoisotopic (exact) mass is 250 g/mol. The van der Waals surface area contributed by atoms with E-state index in [4.69, 9.17) is 0 Å². The summed E-state index contributed by atoms with van der Waals surface area (Å²) in [7, 11) is 1.03. The molecule has 3 aromatic rings. The molecule has 1 heterocycles. The van der Waals surface area contributed by atoms with Crippen molar-refractivity contribution in [2.75, 3.05) is 0 Å². The molecule has 1 aromatic heterocycles. The number of aromatic nitrogens is 1. The molecule has 0 unspecified atom stereocenters. The Morgan fingerprint density at radius 3 is 2.68 bits per heavy atom. The van der Waals surface area contributed by atoms with E-state index in [1.807, 2.05) is 36.5 Å². The first-order valence-corrected chi connectivity index (χ1v) is 6.11. The van der Waals surface area contributed by atoms with Crippen molar-refractivity contribution in [3.63, 3.8) is 0 Å². The van der Waals surface area contributed by atoms with Crippen molar-refractivity contribution in [2.24, 2.45) is 0 Å². The van der Waals surface area contributed by atoms with Gasteiger partial charge in [-0.1, -0.05) is 24.3 Å². The minimum Gasteiger partial charge on any atom is -0.450 e. The van der Waals surface area contributed by atoms with Crippen LogP contribution in [0.4, 0.5) is 0 Å². The van der Waals surface area contributed by atoms with E-state index in [1.54, 1.807) is 0 Å². The lowest BCUT2D eigenvalue weighted by Gasteiger charge is -2.10. The van der Waals surface area contributed by atoms with Crippen LogP contribution in [0.5, 0.6) is 0 Å². The Morgan fingerprint density at radius 2 is 1.89 bits per heavy atom. The zero-order valence-corrected chi connectivity index (χ0v) is 10.3. The zero-order chi connectivity index (χ0) is 13.2. The van der Waals surface area contributed by atoms with Gasteiger partial charge in [0.25, 0.3) is 0 Å². The van der Waals surface area contributed by atoms with E-state index in [9.17, 15) is 10.1 Å². The van der Waals surface area contributed by atoms with Crippen LogP contribution >= 0.6 is 0 Å². The van der Waals surface area contributed by atoms with Gasteiger partial charge in [0.1, 0.15) is 0 Å². The highest BCUT2D eigenvalue weighted by Crippen LogP contribution is 2.19. The molecule has 3 rings (SSSR count). The SMILES string of the molecule is O[B]c1cc(-n2ccc3ccccc32)ccc1CO. The van der Waals surface area contributed by atoms with E-state index in [0.29, 0.717) is 11.0 Å². The van der Waals surface area contributed by atoms with Gasteiger partial charge >= 0.3 is 7.48 Å². The largest absolute Gasteiger partial charge is 0.450 e. The first-order chi connectivity index (χ1) is 9.33. The minimum atomic E-state index is -0.0842. The summed E-state index contributed by atoms with van der Waals surface area (Å²) < 4.78 is 2.06. The van der Waals surface area contributed by atoms with E-state index in [-0.39, 0.29) is 6.61 Å². The lowest BCUT2D eigenvalue weighted by atomic mass is 9.84. The minimum absolute atomic E-state index is 0.0842. The topological polar surface area (TPSA) is 45.4 Å². The van der Waals surface area contributed by atoms with E-state index in [2.05, 4.69) is 22.8 Å². The van der Waals surface area contributed by atoms with Crippen LogP contribution < -0.4 is 5.46 Å². The van der Waals surface area contributed by atoms with Gasteiger partial charge in [0.15, 0.2) is 0 Å². The number of benzene rings is 2. The molecule has 0 fully saturated rings. The fraction of sp³-hybridized carbons (Fsp3) is 0.0667. The van der Waals surface area contributed by atoms with Crippen molar-refractivity contribution in [3.8, 4) is 5.69 Å². The summed E-state index contributed by atoms with van der Waals surface area (Å²) in [6.45, 7) is -0.0842. The van der Waals surface area contributed by atoms with Crippen LogP contribution in [-0.4, -0.2) is 22.2 Å². The maximum Gasteiger partial charge on any atom is 0.327 e. The Morgan fingerprint density at radius 1 is 1.05 bits per heavy atom. The predicted octanol–water partition coefficient (Wildman–Crippen LogP) is 1.36. The molecule has 0 aliphatic heterocycles. The quantitative estimate of drug-likeness (QED) is 0.689. The molecule has 1 radical (unpaired) electrons. The first-order valence-electron chi connectivity index (χ1n) is 6.11. The van der Waals surface area contributed by atoms with Crippen LogP contribution in [0.1, 0.15) is 5.56 Å². The third-order valence-corrected chi connectivity index (χ3v) is 3.32. The number of rotatable bonds is 3. The predicted molar refractivity (Wildman–Crippen MR) is 76.8 cm³/mol. The molecule has 19 heavy (non-hydrogen) atoms. The second kappa shape index (κ2) is 4.92. The number of fused-ring (bicyclic) bond motifs is 1. The zero-order valence-electron chi connectivity index (χ0n) is 10.3. The molecule has 0 aliphatic rings. The van der Waals surface area contributed by atoms with Crippen LogP contribution in [0.3, 0.4) is 0 Å². The number of nitrogens with zero attached hydrogens (tertiary/aromatic N) is 1. The Kier molecular flexibility index (Phi) is 3.11. The van der Waals surface area contributed by atoms with Gasteiger partial charge in [-0.3, -0.25) is 0 Å². The van der Waals surface area contributed by atoms with Crippen molar-refractivity contribution in [2.45, 2.75) is 6.61 Å². The van der Waals surface area contributed by atoms with Gasteiger partial charge in [-0.15, -0.1) is 0 Å². The maximum absolute atomic E-state index is 9.24. The molecule has 4 heteroatoms. The molecule has 0 atom stereocenters. The third-order valence-electron chi connectivity index (χ3n) is 3.32. The molecular weight excluding hydrogens is 237 g/mol. The van der Waals surface area contributed by atoms with Crippen LogP contribution in [0.25, 0.3) is 16.6 Å². The molecule has 2 N–H and O–H groups in total. The fourth-order valence-electron chi connectivity index (χ4n) is 2.30. The Balaban J connectivity index is 2.16. The Labute approximate surface area is 112 Å². The maximum atomic E-state index is 9.24. The van der Waals surface area contributed by atoms with Crippen molar-refractivity contribution in [1.82, 2.24) is 4.57 Å². The molecule has 0 aliphatic carbocycles. The second-order valence-corrected chi connectivity index (χ2v) is 4.41. The number of para-hydroxylation sites is 1. The van der Waals surface area contributed by atoms with Crippen LogP contribution in [-0.2, 0) is 6.61 Å². The van der Waals surface area contributed by atoms with Gasteiger partial charge < -0.3 is 14.7 Å². The molecule has 2 aromatic carbocycles. The smallest absolute Gasteiger partial charge is 0.327 e. The number of hydrogen-bond donors (Lipinski definition) is 2. The summed E-state index contributed by atoms with van der Waals surface area (Å²) in [4.78, 5) is 0. The molecule has 0 saturated carbocycles. The molecule has 0 saturated heterocycles. The normalized spacial score (nSPS) is 10.8. The summed E-state index contributed by atoms with van der Waals surface area (Å²) in [5.41, 5.74) is 3.42. The highest BCUT2D eigenvalue weighted by atomic mass is 16.3. The first kappa shape index (κ1) is 12.0. The average molecular weight is 250 g/mol. The van der Waals surface area contributed by atoms with Crippen LogP contribution in [0, 0.1) is 0 Å². The number of hydrogen-bond acceptors (Lipinski definition) is 2. The summed E-state index contributed by atoms with van der Waals surface area (Å²) in [5.74, 6) is 0. The Bertz CT molecular complexity index is 721. The summed E-state index contributed by atoms with van der Waals surface area (Å²) >= 11 is 0. The van der Waals surface area contributed by atoms with E-state index in [0.717, 1.165) is 18.7 Å². The van der Waals surface area contributed by atoms with Gasteiger partial charge in [-0.25, -0.2) is 0 Å². The summed E-state index contributed by atoms with van der Waals surface area (Å²) in [5, 5.41) is 19.6. The molecule has 0 spiro atoms. The summed E-state index contributed by atoms with van der Waals surface area (Å²) in [6.07, 6.45) is 2.00. The van der Waals surface area contributed by atoms with E-state index < -0.39 is 0 Å². The number of aliphatic hydroxyl groups excluding tert-OH is 1.